The summed E-state index contributed by atoms with van der Waals surface area (Å²) in [5.74, 6) is -3.34. The normalized spacial score (nSPS) is 21.1. The predicted octanol–water partition coefficient (Wildman–Crippen LogP) is 2.08. The molecule has 3 nitrogen and oxygen atoms in total. The lowest BCUT2D eigenvalue weighted by Gasteiger charge is -2.26. The van der Waals surface area contributed by atoms with E-state index in [4.69, 9.17) is 0 Å². The smallest absolute Gasteiger partial charge is 0.210 e. The van der Waals surface area contributed by atoms with E-state index < -0.39 is 15.8 Å². The Kier molecular flexibility index (Phi) is 4.49. The van der Waals surface area contributed by atoms with Crippen LogP contribution in [0.2, 0.25) is 0 Å². The highest BCUT2D eigenvalue weighted by atomic mass is 79.9. The van der Waals surface area contributed by atoms with Gasteiger partial charge in [0.05, 0.1) is 0 Å². The fourth-order valence-corrected chi connectivity index (χ4v) is 3.19. The second kappa shape index (κ2) is 5.05. The van der Waals surface area contributed by atoms with Gasteiger partial charge in [0.15, 0.2) is 0 Å². The number of rotatable bonds is 5. The van der Waals surface area contributed by atoms with Crippen LogP contribution in [0, 0.1) is 5.41 Å². The predicted molar refractivity (Wildman–Crippen MR) is 57.6 cm³/mol. The van der Waals surface area contributed by atoms with Crippen molar-refractivity contribution in [2.75, 3.05) is 11.9 Å². The van der Waals surface area contributed by atoms with Gasteiger partial charge in [0.2, 0.25) is 0 Å². The molecule has 0 aromatic heterocycles. The van der Waals surface area contributed by atoms with Gasteiger partial charge in [-0.05, 0) is 18.3 Å². The highest BCUT2D eigenvalue weighted by molar-refractivity contribution is 9.09. The van der Waals surface area contributed by atoms with Crippen LogP contribution in [0.1, 0.15) is 25.7 Å². The molecule has 0 saturated heterocycles. The number of hydrogen-bond donors (Lipinski definition) is 1. The van der Waals surface area contributed by atoms with Gasteiger partial charge in [-0.2, -0.15) is 8.78 Å². The first-order valence-electron chi connectivity index (χ1n) is 4.74. The summed E-state index contributed by atoms with van der Waals surface area (Å²) in [4.78, 5) is 0. The lowest BCUT2D eigenvalue weighted by molar-refractivity contribution is 0.230. The zero-order valence-electron chi connectivity index (χ0n) is 8.18. The third kappa shape index (κ3) is 3.35. The molecule has 0 heterocycles. The van der Waals surface area contributed by atoms with Crippen molar-refractivity contribution in [1.29, 1.82) is 0 Å². The van der Waals surface area contributed by atoms with Crippen LogP contribution in [0.25, 0.3) is 0 Å². The lowest BCUT2D eigenvalue weighted by Crippen LogP contribution is -2.39. The third-order valence-electron chi connectivity index (χ3n) is 2.83. The Balaban J connectivity index is 2.55. The fourth-order valence-electron chi connectivity index (χ4n) is 1.80. The van der Waals surface area contributed by atoms with Gasteiger partial charge in [0, 0.05) is 11.9 Å². The zero-order chi connectivity index (χ0) is 11.5. The van der Waals surface area contributed by atoms with E-state index in [1.807, 2.05) is 4.72 Å². The molecule has 0 aliphatic heterocycles. The van der Waals surface area contributed by atoms with Crippen LogP contribution in [0.5, 0.6) is 0 Å². The monoisotopic (exact) mass is 305 g/mol. The molecule has 1 saturated carbocycles. The van der Waals surface area contributed by atoms with Gasteiger partial charge < -0.3 is 0 Å². The summed E-state index contributed by atoms with van der Waals surface area (Å²) in [6.07, 6.45) is 3.82. The summed E-state index contributed by atoms with van der Waals surface area (Å²) in [5, 5.41) is 0.645. The van der Waals surface area contributed by atoms with Gasteiger partial charge in [-0.15, -0.1) is 0 Å². The Bertz CT molecular complexity index is 302. The topological polar surface area (TPSA) is 46.2 Å². The molecule has 0 amide bonds. The Hall–Kier alpha value is 0.250. The van der Waals surface area contributed by atoms with Crippen molar-refractivity contribution in [3.8, 4) is 0 Å². The minimum absolute atomic E-state index is 0.102. The Morgan fingerprint density at radius 2 is 1.87 bits per heavy atom. The highest BCUT2D eigenvalue weighted by Gasteiger charge is 2.35. The average molecular weight is 306 g/mol. The molecule has 0 radical (unpaired) electrons. The molecule has 1 aliphatic carbocycles. The van der Waals surface area contributed by atoms with Crippen LogP contribution in [-0.2, 0) is 10.0 Å². The molecule has 90 valence electrons. The van der Waals surface area contributed by atoms with Gasteiger partial charge in [-0.1, -0.05) is 28.8 Å². The second-order valence-corrected chi connectivity index (χ2v) is 6.26. The van der Waals surface area contributed by atoms with Crippen LogP contribution < -0.4 is 4.72 Å². The van der Waals surface area contributed by atoms with Crippen molar-refractivity contribution < 1.29 is 17.2 Å². The van der Waals surface area contributed by atoms with Crippen LogP contribution in [-0.4, -0.2) is 26.1 Å². The van der Waals surface area contributed by atoms with Crippen molar-refractivity contribution in [3.63, 3.8) is 0 Å². The molecule has 1 N–H and O–H groups in total. The third-order valence-corrected chi connectivity index (χ3v) is 5.04. The Morgan fingerprint density at radius 1 is 1.33 bits per heavy atom. The van der Waals surface area contributed by atoms with E-state index in [1.165, 1.54) is 0 Å². The standard InChI is InChI=1S/C8H14BrF2NO2S/c9-5-8(3-1-2-4-8)6-12-15(13,14)7(10)11/h7,12H,1-6H2. The van der Waals surface area contributed by atoms with E-state index in [0.29, 0.717) is 5.33 Å². The first kappa shape index (κ1) is 13.3. The summed E-state index contributed by atoms with van der Waals surface area (Å²) < 4.78 is 47.8. The summed E-state index contributed by atoms with van der Waals surface area (Å²) in [5.41, 5.74) is -0.179. The molecule has 0 spiro atoms. The first-order valence-corrected chi connectivity index (χ1v) is 7.41. The number of nitrogens with one attached hydrogen (secondary N) is 1. The first-order chi connectivity index (χ1) is 6.92. The fraction of sp³-hybridized carbons (Fsp3) is 1.00. The van der Waals surface area contributed by atoms with Gasteiger partial charge in [0.1, 0.15) is 0 Å². The van der Waals surface area contributed by atoms with Crippen molar-refractivity contribution in [2.24, 2.45) is 5.41 Å². The van der Waals surface area contributed by atoms with Gasteiger partial charge >= 0.3 is 5.76 Å². The minimum Gasteiger partial charge on any atom is -0.210 e. The van der Waals surface area contributed by atoms with Gasteiger partial charge in [0.25, 0.3) is 10.0 Å². The molecule has 1 fully saturated rings. The zero-order valence-corrected chi connectivity index (χ0v) is 10.6. The lowest BCUT2D eigenvalue weighted by atomic mass is 9.89. The number of sulfonamides is 1. The van der Waals surface area contributed by atoms with Gasteiger partial charge in [-0.3, -0.25) is 0 Å². The van der Waals surface area contributed by atoms with E-state index in [0.717, 1.165) is 25.7 Å². The van der Waals surface area contributed by atoms with Crippen LogP contribution in [0.3, 0.4) is 0 Å². The second-order valence-electron chi connectivity index (χ2n) is 3.97. The van der Waals surface area contributed by atoms with Crippen LogP contribution in [0.15, 0.2) is 0 Å². The maximum absolute atomic E-state index is 12.1. The van der Waals surface area contributed by atoms with E-state index in [9.17, 15) is 17.2 Å². The molecule has 0 aromatic carbocycles. The highest BCUT2D eigenvalue weighted by Crippen LogP contribution is 2.39. The average Bonchev–Trinajstić information content (AvgIpc) is 2.64. The molecule has 0 unspecified atom stereocenters. The van der Waals surface area contributed by atoms with Gasteiger partial charge in [-0.25, -0.2) is 13.1 Å². The number of alkyl halides is 3. The Labute approximate surface area is 96.8 Å². The minimum atomic E-state index is -4.44. The molecular formula is C8H14BrF2NO2S. The Morgan fingerprint density at radius 3 is 2.27 bits per heavy atom. The molecule has 1 rings (SSSR count). The molecule has 0 bridgehead atoms. The maximum Gasteiger partial charge on any atom is 0.350 e. The van der Waals surface area contributed by atoms with E-state index in [-0.39, 0.29) is 12.0 Å². The van der Waals surface area contributed by atoms with Crippen LogP contribution in [0.4, 0.5) is 8.78 Å². The molecular weight excluding hydrogens is 292 g/mol. The SMILES string of the molecule is O=S(=O)(NCC1(CBr)CCCC1)C(F)F. The number of halogens is 3. The largest absolute Gasteiger partial charge is 0.350 e. The van der Waals surface area contributed by atoms with E-state index in [1.54, 1.807) is 0 Å². The van der Waals surface area contributed by atoms with Crippen molar-refractivity contribution in [2.45, 2.75) is 31.4 Å². The number of hydrogen-bond acceptors (Lipinski definition) is 2. The van der Waals surface area contributed by atoms with Crippen LogP contribution >= 0.6 is 15.9 Å². The summed E-state index contributed by atoms with van der Waals surface area (Å²) in [6.45, 7) is 0.102. The molecule has 0 atom stereocenters. The van der Waals surface area contributed by atoms with E-state index >= 15 is 0 Å². The van der Waals surface area contributed by atoms with E-state index in [2.05, 4.69) is 15.9 Å². The quantitative estimate of drug-likeness (QED) is 0.791. The maximum atomic E-state index is 12.1. The summed E-state index contributed by atoms with van der Waals surface area (Å²) >= 11 is 3.32. The summed E-state index contributed by atoms with van der Waals surface area (Å²) in [6, 6.07) is 0. The summed E-state index contributed by atoms with van der Waals surface area (Å²) in [7, 11) is -4.44. The molecule has 7 heteroatoms. The van der Waals surface area contributed by atoms with Crippen molar-refractivity contribution in [1.82, 2.24) is 4.72 Å². The van der Waals surface area contributed by atoms with Crippen molar-refractivity contribution >= 4 is 26.0 Å². The van der Waals surface area contributed by atoms with Crippen molar-refractivity contribution in [3.05, 3.63) is 0 Å². The molecule has 0 aromatic rings. The molecule has 15 heavy (non-hydrogen) atoms. The molecule has 1 aliphatic rings.